The summed E-state index contributed by atoms with van der Waals surface area (Å²) in [5.41, 5.74) is 0. The van der Waals surface area contributed by atoms with Gasteiger partial charge >= 0.3 is 0 Å². The van der Waals surface area contributed by atoms with Crippen molar-refractivity contribution in [1.29, 1.82) is 5.26 Å². The quantitative estimate of drug-likeness (QED) is 0.256. The number of piperazine rings is 1. The molecule has 0 aromatic heterocycles. The molecule has 1 saturated heterocycles. The Labute approximate surface area is 75.8 Å². The molecule has 0 aromatic carbocycles. The highest BCUT2D eigenvalue weighted by Gasteiger charge is 2.30. The Morgan fingerprint density at radius 1 is 1.69 bits per heavy atom. The third-order valence-corrected chi connectivity index (χ3v) is 2.01. The second kappa shape index (κ2) is 3.76. The SMILES string of the molecule is C=CC1CN(C#N)CCN1[N+](=O)[O-]. The van der Waals surface area contributed by atoms with Crippen LogP contribution in [0, 0.1) is 21.6 Å². The van der Waals surface area contributed by atoms with Crippen molar-refractivity contribution in [2.24, 2.45) is 0 Å². The van der Waals surface area contributed by atoms with Crippen LogP contribution in [0.1, 0.15) is 0 Å². The molecule has 0 amide bonds. The summed E-state index contributed by atoms with van der Waals surface area (Å²) in [6, 6.07) is -0.372. The highest BCUT2D eigenvalue weighted by molar-refractivity contribution is 4.94. The monoisotopic (exact) mass is 182 g/mol. The summed E-state index contributed by atoms with van der Waals surface area (Å²) in [4.78, 5) is 12.0. The number of nitriles is 1. The molecule has 1 rings (SSSR count). The van der Waals surface area contributed by atoms with Crippen LogP contribution in [0.25, 0.3) is 0 Å². The van der Waals surface area contributed by atoms with E-state index >= 15 is 0 Å². The van der Waals surface area contributed by atoms with E-state index in [9.17, 15) is 10.1 Å². The van der Waals surface area contributed by atoms with E-state index in [1.807, 2.05) is 6.19 Å². The molecule has 0 N–H and O–H groups in total. The molecule has 6 nitrogen and oxygen atoms in total. The third kappa shape index (κ3) is 1.87. The molecule has 0 bridgehead atoms. The fourth-order valence-corrected chi connectivity index (χ4v) is 1.29. The average Bonchev–Trinajstić information content (AvgIpc) is 2.16. The van der Waals surface area contributed by atoms with Gasteiger partial charge in [-0.15, -0.1) is 11.6 Å². The van der Waals surface area contributed by atoms with Gasteiger partial charge in [-0.05, 0) is 0 Å². The Morgan fingerprint density at radius 3 is 2.85 bits per heavy atom. The maximum atomic E-state index is 10.5. The predicted octanol–water partition coefficient (Wildman–Crippen LogP) is -0.169. The smallest absolute Gasteiger partial charge is 0.179 e. The molecule has 6 heteroatoms. The van der Waals surface area contributed by atoms with Crippen LogP contribution < -0.4 is 0 Å². The zero-order chi connectivity index (χ0) is 9.84. The zero-order valence-corrected chi connectivity index (χ0v) is 7.09. The molecular weight excluding hydrogens is 172 g/mol. The maximum Gasteiger partial charge on any atom is 0.179 e. The normalized spacial score (nSPS) is 22.2. The van der Waals surface area contributed by atoms with E-state index in [1.165, 1.54) is 11.0 Å². The minimum absolute atomic E-state index is 0.261. The van der Waals surface area contributed by atoms with E-state index in [1.54, 1.807) is 0 Å². The molecule has 0 aliphatic carbocycles. The van der Waals surface area contributed by atoms with E-state index in [2.05, 4.69) is 6.58 Å². The molecule has 0 saturated carbocycles. The van der Waals surface area contributed by atoms with Crippen molar-refractivity contribution in [2.75, 3.05) is 19.6 Å². The second-order valence-corrected chi connectivity index (χ2v) is 2.75. The van der Waals surface area contributed by atoms with Crippen molar-refractivity contribution in [3.8, 4) is 6.19 Å². The summed E-state index contributed by atoms with van der Waals surface area (Å²) in [5, 5.41) is 19.7. The van der Waals surface area contributed by atoms with Crippen LogP contribution in [0.15, 0.2) is 12.7 Å². The minimum atomic E-state index is -0.443. The van der Waals surface area contributed by atoms with Gasteiger partial charge < -0.3 is 4.90 Å². The molecule has 1 heterocycles. The van der Waals surface area contributed by atoms with Crippen LogP contribution in [0.3, 0.4) is 0 Å². The number of hydrogen-bond donors (Lipinski definition) is 0. The third-order valence-electron chi connectivity index (χ3n) is 2.01. The zero-order valence-electron chi connectivity index (χ0n) is 7.09. The molecule has 0 aromatic rings. The fraction of sp³-hybridized carbons (Fsp3) is 0.571. The van der Waals surface area contributed by atoms with Crippen molar-refractivity contribution < 1.29 is 5.03 Å². The van der Waals surface area contributed by atoms with E-state index in [0.29, 0.717) is 13.1 Å². The first-order valence-electron chi connectivity index (χ1n) is 3.87. The Hall–Kier alpha value is -1.77. The Bertz CT molecular complexity index is 260. The number of nitro groups is 1. The van der Waals surface area contributed by atoms with Crippen LogP contribution in [0.5, 0.6) is 0 Å². The summed E-state index contributed by atoms with van der Waals surface area (Å²) in [7, 11) is 0. The second-order valence-electron chi connectivity index (χ2n) is 2.75. The molecule has 1 atom stereocenters. The molecule has 0 radical (unpaired) electrons. The summed E-state index contributed by atoms with van der Waals surface area (Å²) in [6.45, 7) is 4.52. The fourth-order valence-electron chi connectivity index (χ4n) is 1.29. The summed E-state index contributed by atoms with van der Waals surface area (Å²) >= 11 is 0. The number of hydrogen-bond acceptors (Lipinski definition) is 4. The lowest BCUT2D eigenvalue weighted by atomic mass is 10.2. The van der Waals surface area contributed by atoms with Crippen molar-refractivity contribution in [1.82, 2.24) is 9.91 Å². The Kier molecular flexibility index (Phi) is 2.69. The predicted molar refractivity (Wildman–Crippen MR) is 44.9 cm³/mol. The maximum absolute atomic E-state index is 10.5. The van der Waals surface area contributed by atoms with Crippen LogP contribution in [-0.2, 0) is 0 Å². The molecule has 1 fully saturated rings. The van der Waals surface area contributed by atoms with Gasteiger partial charge in [0.25, 0.3) is 0 Å². The lowest BCUT2D eigenvalue weighted by Crippen LogP contribution is -2.52. The van der Waals surface area contributed by atoms with Gasteiger partial charge in [0.1, 0.15) is 6.04 Å². The Morgan fingerprint density at radius 2 is 2.38 bits per heavy atom. The lowest BCUT2D eigenvalue weighted by Gasteiger charge is -2.31. The van der Waals surface area contributed by atoms with Gasteiger partial charge in [-0.1, -0.05) is 6.08 Å². The first-order valence-corrected chi connectivity index (χ1v) is 3.87. The highest BCUT2D eigenvalue weighted by Crippen LogP contribution is 2.09. The van der Waals surface area contributed by atoms with E-state index in [-0.39, 0.29) is 12.6 Å². The summed E-state index contributed by atoms with van der Waals surface area (Å²) in [5.74, 6) is 0. The summed E-state index contributed by atoms with van der Waals surface area (Å²) in [6.07, 6.45) is 3.46. The van der Waals surface area contributed by atoms with Crippen LogP contribution in [-0.4, -0.2) is 40.6 Å². The van der Waals surface area contributed by atoms with E-state index in [0.717, 1.165) is 5.01 Å². The summed E-state index contributed by atoms with van der Waals surface area (Å²) < 4.78 is 0. The van der Waals surface area contributed by atoms with Gasteiger partial charge in [0.2, 0.25) is 0 Å². The van der Waals surface area contributed by atoms with Crippen molar-refractivity contribution in [3.05, 3.63) is 22.8 Å². The number of nitrogens with zero attached hydrogens (tertiary/aromatic N) is 4. The van der Waals surface area contributed by atoms with Gasteiger partial charge in [-0.3, -0.25) is 0 Å². The van der Waals surface area contributed by atoms with E-state index < -0.39 is 5.03 Å². The average molecular weight is 182 g/mol. The molecule has 13 heavy (non-hydrogen) atoms. The minimum Gasteiger partial charge on any atom is -0.306 e. The first kappa shape index (κ1) is 9.32. The number of rotatable bonds is 2. The topological polar surface area (TPSA) is 73.4 Å². The van der Waals surface area contributed by atoms with Gasteiger partial charge in [0.05, 0.1) is 19.6 Å². The molecule has 1 aliphatic heterocycles. The van der Waals surface area contributed by atoms with Crippen LogP contribution in [0.4, 0.5) is 0 Å². The highest BCUT2D eigenvalue weighted by atomic mass is 16.7. The molecular formula is C7H10N4O2. The van der Waals surface area contributed by atoms with Gasteiger partial charge in [0.15, 0.2) is 11.2 Å². The standard InChI is InChI=1S/C7H10N4O2/c1-2-7-5-9(6-8)3-4-10(7)11(12)13/h2,7H,1,3-5H2. The Balaban J connectivity index is 2.66. The largest absolute Gasteiger partial charge is 0.306 e. The van der Waals surface area contributed by atoms with Crippen molar-refractivity contribution in [2.45, 2.75) is 6.04 Å². The molecule has 70 valence electrons. The van der Waals surface area contributed by atoms with Crippen molar-refractivity contribution >= 4 is 0 Å². The van der Waals surface area contributed by atoms with Gasteiger partial charge in [-0.25, -0.2) is 10.1 Å². The van der Waals surface area contributed by atoms with Crippen LogP contribution in [0.2, 0.25) is 0 Å². The van der Waals surface area contributed by atoms with Crippen LogP contribution >= 0.6 is 0 Å². The van der Waals surface area contributed by atoms with Gasteiger partial charge in [0, 0.05) is 0 Å². The number of hydrazine groups is 1. The lowest BCUT2D eigenvalue weighted by molar-refractivity contribution is -0.664. The van der Waals surface area contributed by atoms with Crippen molar-refractivity contribution in [3.63, 3.8) is 0 Å². The molecule has 1 unspecified atom stereocenters. The first-order chi connectivity index (χ1) is 6.19. The molecule has 0 spiro atoms. The van der Waals surface area contributed by atoms with E-state index in [4.69, 9.17) is 5.26 Å². The molecule has 1 aliphatic rings. The van der Waals surface area contributed by atoms with Gasteiger partial charge in [-0.2, -0.15) is 5.26 Å².